The predicted octanol–water partition coefficient (Wildman–Crippen LogP) is 3.29. The first-order valence-corrected chi connectivity index (χ1v) is 6.56. The molecule has 0 saturated heterocycles. The van der Waals surface area contributed by atoms with Crippen LogP contribution in [0, 0.1) is 11.8 Å². The minimum atomic E-state index is -1.10. The van der Waals surface area contributed by atoms with Crippen LogP contribution in [0.5, 0.6) is 0 Å². The molecule has 0 saturated carbocycles. The molecular weight excluding hydrogens is 232 g/mol. The zero-order valence-electron chi connectivity index (χ0n) is 12.4. The minimum Gasteiger partial charge on any atom is -0.423 e. The maximum atomic E-state index is 11.3. The highest BCUT2D eigenvalue weighted by atomic mass is 16.7. The van der Waals surface area contributed by atoms with Crippen molar-refractivity contribution in [1.82, 2.24) is 0 Å². The van der Waals surface area contributed by atoms with Crippen LogP contribution in [0.15, 0.2) is 0 Å². The van der Waals surface area contributed by atoms with Crippen molar-refractivity contribution in [2.45, 2.75) is 66.6 Å². The van der Waals surface area contributed by atoms with Gasteiger partial charge in [0.15, 0.2) is 0 Å². The van der Waals surface area contributed by atoms with Gasteiger partial charge in [0.2, 0.25) is 0 Å². The van der Waals surface area contributed by atoms with Crippen molar-refractivity contribution in [3.8, 4) is 0 Å². The second-order valence-corrected chi connectivity index (χ2v) is 5.63. The first-order chi connectivity index (χ1) is 8.17. The second-order valence-electron chi connectivity index (χ2n) is 5.63. The number of ether oxygens (including phenoxy) is 2. The van der Waals surface area contributed by atoms with Gasteiger partial charge in [-0.15, -0.1) is 0 Å². The summed E-state index contributed by atoms with van der Waals surface area (Å²) in [6.45, 7) is 10.9. The molecule has 0 spiro atoms. The average Bonchev–Trinajstić information content (AvgIpc) is 2.11. The molecule has 0 aromatic heterocycles. The molecule has 106 valence electrons. The number of hydrogen-bond acceptors (Lipinski definition) is 4. The maximum Gasteiger partial charge on any atom is 0.305 e. The standard InChI is InChI=1S/C14H26O4/c1-10(2)7-8-14(9-11(3)4,17-12(5)15)18-13(6)16/h10-11H,7-9H2,1-6H3. The van der Waals surface area contributed by atoms with Gasteiger partial charge in [0.05, 0.1) is 0 Å². The van der Waals surface area contributed by atoms with E-state index in [1.807, 2.05) is 13.8 Å². The zero-order valence-corrected chi connectivity index (χ0v) is 12.4. The Morgan fingerprint density at radius 3 is 1.67 bits per heavy atom. The predicted molar refractivity (Wildman–Crippen MR) is 69.8 cm³/mol. The molecule has 0 aliphatic carbocycles. The Labute approximate surface area is 110 Å². The first-order valence-electron chi connectivity index (χ1n) is 6.56. The van der Waals surface area contributed by atoms with Crippen molar-refractivity contribution in [1.29, 1.82) is 0 Å². The quantitative estimate of drug-likeness (QED) is 0.519. The van der Waals surface area contributed by atoms with E-state index in [9.17, 15) is 9.59 Å². The molecule has 0 bridgehead atoms. The third kappa shape index (κ3) is 7.30. The molecule has 0 aromatic carbocycles. The van der Waals surface area contributed by atoms with E-state index in [0.717, 1.165) is 6.42 Å². The van der Waals surface area contributed by atoms with Gasteiger partial charge in [-0.25, -0.2) is 0 Å². The third-order valence-corrected chi connectivity index (χ3v) is 2.48. The number of rotatable bonds is 7. The van der Waals surface area contributed by atoms with Crippen molar-refractivity contribution in [2.75, 3.05) is 0 Å². The fraction of sp³-hybridized carbons (Fsp3) is 0.857. The van der Waals surface area contributed by atoms with Gasteiger partial charge < -0.3 is 9.47 Å². The summed E-state index contributed by atoms with van der Waals surface area (Å²) in [5, 5.41) is 0. The number of hydrogen-bond donors (Lipinski definition) is 0. The highest BCUT2D eigenvalue weighted by Gasteiger charge is 2.37. The van der Waals surface area contributed by atoms with Crippen molar-refractivity contribution in [2.24, 2.45) is 11.8 Å². The van der Waals surface area contributed by atoms with Crippen molar-refractivity contribution < 1.29 is 19.1 Å². The summed E-state index contributed by atoms with van der Waals surface area (Å²) in [5.74, 6) is -1.20. The van der Waals surface area contributed by atoms with Crippen molar-refractivity contribution in [3.63, 3.8) is 0 Å². The average molecular weight is 258 g/mol. The lowest BCUT2D eigenvalue weighted by Crippen LogP contribution is -2.40. The molecule has 4 nitrogen and oxygen atoms in total. The second kappa shape index (κ2) is 7.39. The lowest BCUT2D eigenvalue weighted by atomic mass is 9.95. The lowest BCUT2D eigenvalue weighted by molar-refractivity contribution is -0.235. The van der Waals surface area contributed by atoms with E-state index in [-0.39, 0.29) is 5.92 Å². The summed E-state index contributed by atoms with van der Waals surface area (Å²) in [5.41, 5.74) is 0. The summed E-state index contributed by atoms with van der Waals surface area (Å²) in [7, 11) is 0. The van der Waals surface area contributed by atoms with Crippen molar-refractivity contribution >= 4 is 11.9 Å². The van der Waals surface area contributed by atoms with Gasteiger partial charge in [0.25, 0.3) is 5.79 Å². The van der Waals surface area contributed by atoms with Gasteiger partial charge in [0, 0.05) is 26.7 Å². The largest absolute Gasteiger partial charge is 0.423 e. The van der Waals surface area contributed by atoms with Crippen molar-refractivity contribution in [3.05, 3.63) is 0 Å². The van der Waals surface area contributed by atoms with Crippen LogP contribution in [-0.4, -0.2) is 17.7 Å². The third-order valence-electron chi connectivity index (χ3n) is 2.48. The van der Waals surface area contributed by atoms with Crippen LogP contribution in [-0.2, 0) is 19.1 Å². The molecule has 0 aromatic rings. The summed E-state index contributed by atoms with van der Waals surface area (Å²) in [6, 6.07) is 0. The van der Waals surface area contributed by atoms with Crippen LogP contribution < -0.4 is 0 Å². The fourth-order valence-corrected chi connectivity index (χ4v) is 1.96. The maximum absolute atomic E-state index is 11.3. The van der Waals surface area contributed by atoms with E-state index in [2.05, 4.69) is 13.8 Å². The number of carbonyl (C=O) groups excluding carboxylic acids is 2. The Balaban J connectivity index is 4.97. The normalized spacial score (nSPS) is 11.8. The van der Waals surface area contributed by atoms with Crippen LogP contribution in [0.3, 0.4) is 0 Å². The molecule has 0 unspecified atom stereocenters. The van der Waals surface area contributed by atoms with E-state index < -0.39 is 17.7 Å². The monoisotopic (exact) mass is 258 g/mol. The summed E-state index contributed by atoms with van der Waals surface area (Å²) >= 11 is 0. The van der Waals surface area contributed by atoms with Gasteiger partial charge in [-0.05, 0) is 18.3 Å². The molecule has 0 radical (unpaired) electrons. The highest BCUT2D eigenvalue weighted by molar-refractivity contribution is 5.68. The van der Waals surface area contributed by atoms with Crippen LogP contribution in [0.2, 0.25) is 0 Å². The molecule has 0 heterocycles. The van der Waals surface area contributed by atoms with Gasteiger partial charge in [0.1, 0.15) is 0 Å². The Morgan fingerprint density at radius 2 is 1.39 bits per heavy atom. The molecule has 4 heteroatoms. The molecule has 0 fully saturated rings. The Bertz CT molecular complexity index is 266. The van der Waals surface area contributed by atoms with Crippen LogP contribution in [0.4, 0.5) is 0 Å². The summed E-state index contributed by atoms with van der Waals surface area (Å²) < 4.78 is 10.7. The van der Waals surface area contributed by atoms with E-state index in [1.165, 1.54) is 13.8 Å². The van der Waals surface area contributed by atoms with E-state index in [4.69, 9.17) is 9.47 Å². The number of carbonyl (C=O) groups is 2. The molecule has 0 amide bonds. The molecular formula is C14H26O4. The zero-order chi connectivity index (χ0) is 14.3. The van der Waals surface area contributed by atoms with E-state index in [0.29, 0.717) is 18.8 Å². The molecule has 18 heavy (non-hydrogen) atoms. The highest BCUT2D eigenvalue weighted by Crippen LogP contribution is 2.30. The fourth-order valence-electron chi connectivity index (χ4n) is 1.96. The van der Waals surface area contributed by atoms with Crippen LogP contribution in [0.25, 0.3) is 0 Å². The summed E-state index contributed by atoms with van der Waals surface area (Å²) in [4.78, 5) is 22.5. The number of esters is 2. The molecule has 0 N–H and O–H groups in total. The topological polar surface area (TPSA) is 52.6 Å². The van der Waals surface area contributed by atoms with E-state index in [1.54, 1.807) is 0 Å². The van der Waals surface area contributed by atoms with Crippen LogP contribution >= 0.6 is 0 Å². The Kier molecular flexibility index (Phi) is 6.96. The van der Waals surface area contributed by atoms with Gasteiger partial charge in [-0.2, -0.15) is 0 Å². The summed E-state index contributed by atoms with van der Waals surface area (Å²) in [6.07, 6.45) is 1.91. The lowest BCUT2D eigenvalue weighted by Gasteiger charge is -2.34. The van der Waals surface area contributed by atoms with Gasteiger partial charge in [-0.1, -0.05) is 27.7 Å². The molecule has 0 atom stereocenters. The SMILES string of the molecule is CC(=O)OC(CCC(C)C)(CC(C)C)OC(C)=O. The molecule has 0 aliphatic heterocycles. The Hall–Kier alpha value is -1.06. The van der Waals surface area contributed by atoms with Gasteiger partial charge in [-0.3, -0.25) is 9.59 Å². The smallest absolute Gasteiger partial charge is 0.305 e. The Morgan fingerprint density at radius 1 is 0.944 bits per heavy atom. The first kappa shape index (κ1) is 16.9. The van der Waals surface area contributed by atoms with Crippen LogP contribution in [0.1, 0.15) is 60.8 Å². The molecule has 0 rings (SSSR count). The minimum absolute atomic E-state index is 0.274. The van der Waals surface area contributed by atoms with E-state index >= 15 is 0 Å². The molecule has 0 aliphatic rings. The van der Waals surface area contributed by atoms with Gasteiger partial charge >= 0.3 is 11.9 Å².